The van der Waals surface area contributed by atoms with Gasteiger partial charge in [-0.15, -0.1) is 0 Å². The molecule has 1 aromatic carbocycles. The zero-order valence-electron chi connectivity index (χ0n) is 10.2. The van der Waals surface area contributed by atoms with Crippen LogP contribution in [0, 0.1) is 0 Å². The second-order valence-corrected chi connectivity index (χ2v) is 4.84. The van der Waals surface area contributed by atoms with Gasteiger partial charge < -0.3 is 9.51 Å². The van der Waals surface area contributed by atoms with Crippen molar-refractivity contribution in [1.82, 2.24) is 20.1 Å². The minimum Gasteiger partial charge on any atom is -0.341 e. The van der Waals surface area contributed by atoms with E-state index >= 15 is 0 Å². The van der Waals surface area contributed by atoms with Crippen molar-refractivity contribution in [3.8, 4) is 11.6 Å². The summed E-state index contributed by atoms with van der Waals surface area (Å²) in [4.78, 5) is 11.4. The van der Waals surface area contributed by atoms with Crippen molar-refractivity contribution in [1.29, 1.82) is 0 Å². The molecule has 1 aliphatic carbocycles. The number of hydrogen-bond acceptors (Lipinski definition) is 4. The highest BCUT2D eigenvalue weighted by Crippen LogP contribution is 2.52. The molecule has 2 heterocycles. The fourth-order valence-electron chi connectivity index (χ4n) is 2.42. The smallest absolute Gasteiger partial charge is 0.276 e. The average molecular weight is 252 g/mol. The first kappa shape index (κ1) is 10.5. The van der Waals surface area contributed by atoms with Gasteiger partial charge in [0, 0.05) is 0 Å². The third-order valence-electron chi connectivity index (χ3n) is 3.66. The SMILES string of the molecule is c1ccc(C2(c3noc(-c4cnc[nH]4)n3)CC2)cc1. The number of nitrogens with one attached hydrogen (secondary N) is 1. The Hall–Kier alpha value is -2.43. The van der Waals surface area contributed by atoms with Gasteiger partial charge in [0.2, 0.25) is 0 Å². The first-order chi connectivity index (χ1) is 9.38. The van der Waals surface area contributed by atoms with Crippen LogP contribution < -0.4 is 0 Å². The van der Waals surface area contributed by atoms with E-state index in [4.69, 9.17) is 4.52 Å². The summed E-state index contributed by atoms with van der Waals surface area (Å²) < 4.78 is 5.32. The van der Waals surface area contributed by atoms with Gasteiger partial charge in [-0.2, -0.15) is 4.98 Å². The first-order valence-corrected chi connectivity index (χ1v) is 6.27. The molecule has 5 heteroatoms. The molecular formula is C14H12N4O. The third-order valence-corrected chi connectivity index (χ3v) is 3.66. The van der Waals surface area contributed by atoms with Crippen molar-refractivity contribution in [2.75, 3.05) is 0 Å². The van der Waals surface area contributed by atoms with Crippen molar-refractivity contribution in [3.63, 3.8) is 0 Å². The monoisotopic (exact) mass is 252 g/mol. The van der Waals surface area contributed by atoms with Crippen LogP contribution >= 0.6 is 0 Å². The van der Waals surface area contributed by atoms with E-state index in [1.807, 2.05) is 18.2 Å². The van der Waals surface area contributed by atoms with Crippen LogP contribution in [0.4, 0.5) is 0 Å². The van der Waals surface area contributed by atoms with Crippen molar-refractivity contribution >= 4 is 0 Å². The number of hydrogen-bond donors (Lipinski definition) is 1. The number of aromatic amines is 1. The Balaban J connectivity index is 1.74. The van der Waals surface area contributed by atoms with Crippen LogP contribution in [0.5, 0.6) is 0 Å². The Morgan fingerprint density at radius 3 is 2.68 bits per heavy atom. The number of imidazole rings is 1. The summed E-state index contributed by atoms with van der Waals surface area (Å²) in [6, 6.07) is 10.4. The minimum atomic E-state index is -0.0525. The Morgan fingerprint density at radius 1 is 1.16 bits per heavy atom. The lowest BCUT2D eigenvalue weighted by Gasteiger charge is -2.09. The second kappa shape index (κ2) is 3.78. The van der Waals surface area contributed by atoms with Crippen molar-refractivity contribution in [2.24, 2.45) is 0 Å². The molecule has 1 N–H and O–H groups in total. The van der Waals surface area contributed by atoms with Gasteiger partial charge in [-0.25, -0.2) is 4.98 Å². The summed E-state index contributed by atoms with van der Waals surface area (Å²) in [5.41, 5.74) is 1.96. The molecule has 3 aromatic rings. The van der Waals surface area contributed by atoms with Crippen LogP contribution in [0.25, 0.3) is 11.6 Å². The summed E-state index contributed by atoms with van der Waals surface area (Å²) in [5.74, 6) is 1.26. The molecule has 1 aliphatic rings. The van der Waals surface area contributed by atoms with E-state index in [0.717, 1.165) is 24.4 Å². The molecule has 0 radical (unpaired) electrons. The van der Waals surface area contributed by atoms with Crippen LogP contribution in [0.2, 0.25) is 0 Å². The Kier molecular flexibility index (Phi) is 2.09. The number of benzene rings is 1. The molecule has 0 saturated heterocycles. The quantitative estimate of drug-likeness (QED) is 0.777. The van der Waals surface area contributed by atoms with Gasteiger partial charge in [-0.05, 0) is 18.4 Å². The molecule has 0 atom stereocenters. The van der Waals surface area contributed by atoms with E-state index in [-0.39, 0.29) is 5.41 Å². The van der Waals surface area contributed by atoms with Gasteiger partial charge in [0.15, 0.2) is 5.82 Å². The summed E-state index contributed by atoms with van der Waals surface area (Å²) >= 11 is 0. The molecule has 0 unspecified atom stereocenters. The van der Waals surface area contributed by atoms with Crippen molar-refractivity contribution in [3.05, 3.63) is 54.2 Å². The van der Waals surface area contributed by atoms with Gasteiger partial charge in [0.25, 0.3) is 5.89 Å². The van der Waals surface area contributed by atoms with Crippen LogP contribution in [0.3, 0.4) is 0 Å². The lowest BCUT2D eigenvalue weighted by atomic mass is 9.95. The summed E-state index contributed by atoms with van der Waals surface area (Å²) in [6.45, 7) is 0. The fraction of sp³-hybridized carbons (Fsp3) is 0.214. The number of aromatic nitrogens is 4. The molecule has 1 fully saturated rings. The second-order valence-electron chi connectivity index (χ2n) is 4.84. The van der Waals surface area contributed by atoms with Gasteiger partial charge >= 0.3 is 0 Å². The normalized spacial score (nSPS) is 16.4. The Bertz CT molecular complexity index is 683. The lowest BCUT2D eigenvalue weighted by Crippen LogP contribution is -2.10. The van der Waals surface area contributed by atoms with Crippen molar-refractivity contribution < 1.29 is 4.52 Å². The average Bonchev–Trinajstić information content (AvgIpc) is 2.92. The molecule has 94 valence electrons. The topological polar surface area (TPSA) is 67.6 Å². The van der Waals surface area contributed by atoms with E-state index in [1.165, 1.54) is 5.56 Å². The third kappa shape index (κ3) is 1.58. The number of rotatable bonds is 3. The van der Waals surface area contributed by atoms with Gasteiger partial charge in [0.1, 0.15) is 5.69 Å². The van der Waals surface area contributed by atoms with E-state index in [1.54, 1.807) is 12.5 Å². The van der Waals surface area contributed by atoms with E-state index in [2.05, 4.69) is 32.2 Å². The van der Waals surface area contributed by atoms with E-state index in [0.29, 0.717) is 5.89 Å². The molecule has 19 heavy (non-hydrogen) atoms. The number of H-pyrrole nitrogens is 1. The lowest BCUT2D eigenvalue weighted by molar-refractivity contribution is 0.417. The van der Waals surface area contributed by atoms with Crippen LogP contribution in [0.15, 0.2) is 47.4 Å². The summed E-state index contributed by atoms with van der Waals surface area (Å²) in [6.07, 6.45) is 5.42. The van der Waals surface area contributed by atoms with E-state index < -0.39 is 0 Å². The predicted molar refractivity (Wildman–Crippen MR) is 68.3 cm³/mol. The molecule has 0 bridgehead atoms. The fourth-order valence-corrected chi connectivity index (χ4v) is 2.42. The molecule has 1 saturated carbocycles. The maximum absolute atomic E-state index is 5.32. The van der Waals surface area contributed by atoms with Gasteiger partial charge in [-0.3, -0.25) is 0 Å². The summed E-state index contributed by atoms with van der Waals surface area (Å²) in [7, 11) is 0. The highest BCUT2D eigenvalue weighted by atomic mass is 16.5. The molecule has 0 aliphatic heterocycles. The molecule has 5 nitrogen and oxygen atoms in total. The van der Waals surface area contributed by atoms with Gasteiger partial charge in [0.05, 0.1) is 17.9 Å². The molecule has 0 spiro atoms. The maximum Gasteiger partial charge on any atom is 0.276 e. The standard InChI is InChI=1S/C14H12N4O/c1-2-4-10(5-3-1)14(6-7-14)13-17-12(19-18-13)11-8-15-9-16-11/h1-5,8-9H,6-7H2,(H,15,16). The first-order valence-electron chi connectivity index (χ1n) is 6.27. The molecule has 0 amide bonds. The predicted octanol–water partition coefficient (Wildman–Crippen LogP) is 2.54. The molecule has 2 aromatic heterocycles. The summed E-state index contributed by atoms with van der Waals surface area (Å²) in [5, 5.41) is 4.15. The zero-order chi connectivity index (χ0) is 12.7. The maximum atomic E-state index is 5.32. The highest BCUT2D eigenvalue weighted by Gasteiger charge is 2.49. The van der Waals surface area contributed by atoms with Crippen LogP contribution in [0.1, 0.15) is 24.2 Å². The minimum absolute atomic E-state index is 0.0525. The largest absolute Gasteiger partial charge is 0.341 e. The molecule has 4 rings (SSSR count). The van der Waals surface area contributed by atoms with Crippen molar-refractivity contribution in [2.45, 2.75) is 18.3 Å². The zero-order valence-corrected chi connectivity index (χ0v) is 10.2. The Labute approximate surface area is 109 Å². The van der Waals surface area contributed by atoms with Crippen LogP contribution in [-0.4, -0.2) is 20.1 Å². The van der Waals surface area contributed by atoms with Crippen LogP contribution in [-0.2, 0) is 5.41 Å². The van der Waals surface area contributed by atoms with E-state index in [9.17, 15) is 0 Å². The Morgan fingerprint density at radius 2 is 2.00 bits per heavy atom. The highest BCUT2D eigenvalue weighted by molar-refractivity contribution is 5.46. The van der Waals surface area contributed by atoms with Gasteiger partial charge in [-0.1, -0.05) is 35.5 Å². The number of nitrogens with zero attached hydrogens (tertiary/aromatic N) is 3. The molecular weight excluding hydrogens is 240 g/mol.